The Labute approximate surface area is 118 Å². The fourth-order valence-corrected chi connectivity index (χ4v) is 1.74. The summed E-state index contributed by atoms with van der Waals surface area (Å²) in [6.45, 7) is 3.95. The Bertz CT molecular complexity index is 492. The number of benzene rings is 1. The number of nitrogens with one attached hydrogen (secondary N) is 3. The van der Waals surface area contributed by atoms with Crippen molar-refractivity contribution in [1.29, 1.82) is 0 Å². The predicted octanol–water partition coefficient (Wildman–Crippen LogP) is 1.82. The van der Waals surface area contributed by atoms with Crippen LogP contribution in [0.25, 0.3) is 0 Å². The second-order valence-corrected chi connectivity index (χ2v) is 4.84. The molecule has 20 heavy (non-hydrogen) atoms. The highest BCUT2D eigenvalue weighted by Crippen LogP contribution is 2.19. The SMILES string of the molecule is C=CCNC(=O)Nc1ccc(CC(=O)NC2CC2)cc1. The molecule has 0 unspecified atom stereocenters. The van der Waals surface area contributed by atoms with Crippen LogP contribution in [0.1, 0.15) is 18.4 Å². The van der Waals surface area contributed by atoms with Crippen molar-refractivity contribution in [3.05, 3.63) is 42.5 Å². The minimum atomic E-state index is -0.274. The van der Waals surface area contributed by atoms with E-state index in [9.17, 15) is 9.59 Å². The van der Waals surface area contributed by atoms with Crippen molar-refractivity contribution in [3.63, 3.8) is 0 Å². The van der Waals surface area contributed by atoms with Crippen LogP contribution < -0.4 is 16.0 Å². The Balaban J connectivity index is 1.80. The molecule has 3 amide bonds. The summed E-state index contributed by atoms with van der Waals surface area (Å²) in [4.78, 5) is 23.1. The van der Waals surface area contributed by atoms with E-state index in [0.717, 1.165) is 18.4 Å². The molecule has 1 aromatic rings. The molecule has 1 saturated carbocycles. The first-order valence-electron chi connectivity index (χ1n) is 6.71. The van der Waals surface area contributed by atoms with Crippen molar-refractivity contribution in [3.8, 4) is 0 Å². The smallest absolute Gasteiger partial charge is 0.319 e. The van der Waals surface area contributed by atoms with Gasteiger partial charge in [0.25, 0.3) is 0 Å². The zero-order valence-corrected chi connectivity index (χ0v) is 11.3. The molecule has 106 valence electrons. The van der Waals surface area contributed by atoms with Crippen LogP contribution in [-0.2, 0) is 11.2 Å². The molecular weight excluding hydrogens is 254 g/mol. The highest BCUT2D eigenvalue weighted by Gasteiger charge is 2.22. The fraction of sp³-hybridized carbons (Fsp3) is 0.333. The van der Waals surface area contributed by atoms with Gasteiger partial charge >= 0.3 is 6.03 Å². The number of carbonyl (C=O) groups is 2. The predicted molar refractivity (Wildman–Crippen MR) is 78.5 cm³/mol. The van der Waals surface area contributed by atoms with Crippen molar-refractivity contribution >= 4 is 17.6 Å². The Morgan fingerprint density at radius 2 is 1.95 bits per heavy atom. The number of urea groups is 1. The van der Waals surface area contributed by atoms with Crippen LogP contribution in [0.5, 0.6) is 0 Å². The van der Waals surface area contributed by atoms with Gasteiger partial charge in [-0.1, -0.05) is 18.2 Å². The molecule has 5 nitrogen and oxygen atoms in total. The second kappa shape index (κ2) is 6.75. The second-order valence-electron chi connectivity index (χ2n) is 4.84. The van der Waals surface area contributed by atoms with Gasteiger partial charge in [0.15, 0.2) is 0 Å². The van der Waals surface area contributed by atoms with Crippen molar-refractivity contribution in [2.24, 2.45) is 0 Å². The average Bonchev–Trinajstić information content (AvgIpc) is 3.22. The van der Waals surface area contributed by atoms with Crippen molar-refractivity contribution in [2.45, 2.75) is 25.3 Å². The Morgan fingerprint density at radius 3 is 2.55 bits per heavy atom. The third-order valence-corrected chi connectivity index (χ3v) is 2.93. The van der Waals surface area contributed by atoms with E-state index in [1.807, 2.05) is 12.1 Å². The zero-order valence-electron chi connectivity index (χ0n) is 11.3. The van der Waals surface area contributed by atoms with Gasteiger partial charge in [-0.3, -0.25) is 4.79 Å². The molecule has 1 fully saturated rings. The van der Waals surface area contributed by atoms with Crippen LogP contribution in [0, 0.1) is 0 Å². The molecule has 2 rings (SSSR count). The van der Waals surface area contributed by atoms with Crippen LogP contribution in [0.3, 0.4) is 0 Å². The standard InChI is InChI=1S/C15H19N3O2/c1-2-9-16-15(20)18-13-5-3-11(4-6-13)10-14(19)17-12-7-8-12/h2-6,12H,1,7-10H2,(H,17,19)(H2,16,18,20). The van der Waals surface area contributed by atoms with Gasteiger partial charge in [0.05, 0.1) is 6.42 Å². The third kappa shape index (κ3) is 4.76. The van der Waals surface area contributed by atoms with E-state index >= 15 is 0 Å². The molecule has 0 radical (unpaired) electrons. The van der Waals surface area contributed by atoms with Crippen LogP contribution in [0.4, 0.5) is 10.5 Å². The van der Waals surface area contributed by atoms with Gasteiger partial charge in [-0.2, -0.15) is 0 Å². The topological polar surface area (TPSA) is 70.2 Å². The molecule has 0 bridgehead atoms. The quantitative estimate of drug-likeness (QED) is 0.692. The summed E-state index contributed by atoms with van der Waals surface area (Å²) in [5.41, 5.74) is 1.62. The first-order chi connectivity index (χ1) is 9.67. The summed E-state index contributed by atoms with van der Waals surface area (Å²) >= 11 is 0. The summed E-state index contributed by atoms with van der Waals surface area (Å²) in [5.74, 6) is 0.0527. The highest BCUT2D eigenvalue weighted by molar-refractivity contribution is 5.89. The van der Waals surface area contributed by atoms with Gasteiger partial charge in [0, 0.05) is 18.3 Å². The first kappa shape index (κ1) is 14.1. The lowest BCUT2D eigenvalue weighted by molar-refractivity contribution is -0.120. The maximum atomic E-state index is 11.6. The van der Waals surface area contributed by atoms with Crippen LogP contribution in [0.15, 0.2) is 36.9 Å². The Kier molecular flexibility index (Phi) is 4.76. The Morgan fingerprint density at radius 1 is 1.25 bits per heavy atom. The average molecular weight is 273 g/mol. The third-order valence-electron chi connectivity index (χ3n) is 2.93. The van der Waals surface area contributed by atoms with Gasteiger partial charge in [0.2, 0.25) is 5.91 Å². The molecule has 0 aromatic heterocycles. The lowest BCUT2D eigenvalue weighted by Gasteiger charge is -2.07. The van der Waals surface area contributed by atoms with E-state index < -0.39 is 0 Å². The maximum Gasteiger partial charge on any atom is 0.319 e. The lowest BCUT2D eigenvalue weighted by atomic mass is 10.1. The largest absolute Gasteiger partial charge is 0.353 e. The van der Waals surface area contributed by atoms with Crippen molar-refractivity contribution < 1.29 is 9.59 Å². The minimum Gasteiger partial charge on any atom is -0.353 e. The summed E-state index contributed by atoms with van der Waals surface area (Å²) in [7, 11) is 0. The molecule has 0 spiro atoms. The molecule has 1 aromatic carbocycles. The molecule has 0 atom stereocenters. The van der Waals surface area contributed by atoms with Crippen LogP contribution >= 0.6 is 0 Å². The summed E-state index contributed by atoms with van der Waals surface area (Å²) < 4.78 is 0. The number of carbonyl (C=O) groups excluding carboxylic acids is 2. The zero-order chi connectivity index (χ0) is 14.4. The number of hydrogen-bond donors (Lipinski definition) is 3. The summed E-state index contributed by atoms with van der Waals surface area (Å²) in [6, 6.07) is 7.37. The number of rotatable bonds is 6. The molecule has 1 aliphatic rings. The van der Waals surface area contributed by atoms with Gasteiger partial charge < -0.3 is 16.0 Å². The number of hydrogen-bond acceptors (Lipinski definition) is 2. The lowest BCUT2D eigenvalue weighted by Crippen LogP contribution is -2.28. The molecule has 5 heteroatoms. The summed E-state index contributed by atoms with van der Waals surface area (Å²) in [6.07, 6.45) is 4.17. The van der Waals surface area contributed by atoms with Gasteiger partial charge in [-0.05, 0) is 30.5 Å². The van der Waals surface area contributed by atoms with Gasteiger partial charge in [0.1, 0.15) is 0 Å². The number of anilines is 1. The number of amides is 3. The molecule has 0 heterocycles. The fourth-order valence-electron chi connectivity index (χ4n) is 1.74. The molecule has 0 saturated heterocycles. The Hall–Kier alpha value is -2.30. The monoisotopic (exact) mass is 273 g/mol. The van der Waals surface area contributed by atoms with Gasteiger partial charge in [-0.15, -0.1) is 6.58 Å². The summed E-state index contributed by atoms with van der Waals surface area (Å²) in [5, 5.41) is 8.27. The maximum absolute atomic E-state index is 11.6. The van der Waals surface area contributed by atoms with E-state index in [0.29, 0.717) is 24.7 Å². The first-order valence-corrected chi connectivity index (χ1v) is 6.71. The normalized spacial score (nSPS) is 13.4. The van der Waals surface area contributed by atoms with Crippen LogP contribution in [-0.4, -0.2) is 24.5 Å². The van der Waals surface area contributed by atoms with E-state index in [1.54, 1.807) is 18.2 Å². The molecular formula is C15H19N3O2. The van der Waals surface area contributed by atoms with E-state index in [-0.39, 0.29) is 11.9 Å². The van der Waals surface area contributed by atoms with Crippen molar-refractivity contribution in [2.75, 3.05) is 11.9 Å². The van der Waals surface area contributed by atoms with E-state index in [2.05, 4.69) is 22.5 Å². The van der Waals surface area contributed by atoms with E-state index in [1.165, 1.54) is 0 Å². The molecule has 3 N–H and O–H groups in total. The van der Waals surface area contributed by atoms with Crippen LogP contribution in [0.2, 0.25) is 0 Å². The van der Waals surface area contributed by atoms with Gasteiger partial charge in [-0.25, -0.2) is 4.79 Å². The molecule has 0 aliphatic heterocycles. The molecule has 1 aliphatic carbocycles. The van der Waals surface area contributed by atoms with E-state index in [4.69, 9.17) is 0 Å². The van der Waals surface area contributed by atoms with Crippen molar-refractivity contribution in [1.82, 2.24) is 10.6 Å². The minimum absolute atomic E-state index is 0.0527. The highest BCUT2D eigenvalue weighted by atomic mass is 16.2.